The Kier molecular flexibility index (Phi) is 5.13. The molecule has 0 aliphatic rings. The Bertz CT molecular complexity index is 289. The Hall–Kier alpha value is -0.530. The van der Waals surface area contributed by atoms with E-state index in [2.05, 4.69) is 19.9 Å². The zero-order chi connectivity index (χ0) is 11.3. The van der Waals surface area contributed by atoms with Crippen LogP contribution >= 0.6 is 11.6 Å². The molecule has 0 amide bonds. The van der Waals surface area contributed by atoms with Crippen LogP contribution in [0.2, 0.25) is 5.02 Å². The second-order valence-electron chi connectivity index (χ2n) is 4.07. The first-order chi connectivity index (χ1) is 7.16. The van der Waals surface area contributed by atoms with E-state index in [1.54, 1.807) is 0 Å². The SMILES string of the molecule is CCCCC[C@H](N)c1c(C)cccc1Cl. The van der Waals surface area contributed by atoms with Gasteiger partial charge in [0.05, 0.1) is 0 Å². The molecule has 0 aromatic heterocycles. The van der Waals surface area contributed by atoms with Crippen LogP contribution < -0.4 is 5.73 Å². The van der Waals surface area contributed by atoms with Crippen LogP contribution in [0.25, 0.3) is 0 Å². The van der Waals surface area contributed by atoms with Crippen LogP contribution in [0.5, 0.6) is 0 Å². The molecule has 1 atom stereocenters. The summed E-state index contributed by atoms with van der Waals surface area (Å²) in [4.78, 5) is 0. The number of nitrogens with two attached hydrogens (primary N) is 1. The van der Waals surface area contributed by atoms with Gasteiger partial charge in [0.15, 0.2) is 0 Å². The van der Waals surface area contributed by atoms with Crippen LogP contribution in [-0.4, -0.2) is 0 Å². The summed E-state index contributed by atoms with van der Waals surface area (Å²) in [7, 11) is 0. The number of hydrogen-bond acceptors (Lipinski definition) is 1. The van der Waals surface area contributed by atoms with Crippen molar-refractivity contribution in [3.63, 3.8) is 0 Å². The minimum Gasteiger partial charge on any atom is -0.324 e. The lowest BCUT2D eigenvalue weighted by atomic mass is 9.97. The zero-order valence-electron chi connectivity index (χ0n) is 9.59. The van der Waals surface area contributed by atoms with E-state index in [0.717, 1.165) is 17.0 Å². The van der Waals surface area contributed by atoms with Gasteiger partial charge in [-0.25, -0.2) is 0 Å². The molecular weight excluding hydrogens is 206 g/mol. The lowest BCUT2D eigenvalue weighted by molar-refractivity contribution is 0.579. The maximum atomic E-state index is 6.16. The minimum atomic E-state index is 0.0882. The van der Waals surface area contributed by atoms with E-state index >= 15 is 0 Å². The fraction of sp³-hybridized carbons (Fsp3) is 0.538. The standard InChI is InChI=1S/C13H20ClN/c1-3-4-5-9-12(15)13-10(2)7-6-8-11(13)14/h6-8,12H,3-5,9,15H2,1-2H3/t12-/m0/s1. The predicted octanol–water partition coefficient (Wildman–Crippen LogP) is 4.23. The van der Waals surface area contributed by atoms with Gasteiger partial charge in [-0.15, -0.1) is 0 Å². The third-order valence-corrected chi connectivity index (χ3v) is 3.09. The summed E-state index contributed by atoms with van der Waals surface area (Å²) in [5.41, 5.74) is 8.47. The van der Waals surface area contributed by atoms with Crippen molar-refractivity contribution in [2.45, 2.75) is 45.6 Å². The molecule has 1 aromatic rings. The number of benzene rings is 1. The second kappa shape index (κ2) is 6.14. The van der Waals surface area contributed by atoms with E-state index in [1.807, 2.05) is 12.1 Å². The van der Waals surface area contributed by atoms with Gasteiger partial charge in [0.25, 0.3) is 0 Å². The smallest absolute Gasteiger partial charge is 0.0456 e. The van der Waals surface area contributed by atoms with Gasteiger partial charge in [-0.1, -0.05) is 49.9 Å². The van der Waals surface area contributed by atoms with Crippen LogP contribution in [0.15, 0.2) is 18.2 Å². The summed E-state index contributed by atoms with van der Waals surface area (Å²) in [6.45, 7) is 4.27. The molecule has 0 radical (unpaired) electrons. The van der Waals surface area contributed by atoms with Gasteiger partial charge in [0, 0.05) is 11.1 Å². The molecular formula is C13H20ClN. The van der Waals surface area contributed by atoms with E-state index in [-0.39, 0.29) is 6.04 Å². The molecule has 0 aliphatic carbocycles. The molecule has 0 aliphatic heterocycles. The van der Waals surface area contributed by atoms with E-state index in [0.29, 0.717) is 0 Å². The summed E-state index contributed by atoms with van der Waals surface area (Å²) in [5.74, 6) is 0. The second-order valence-corrected chi connectivity index (χ2v) is 4.48. The fourth-order valence-electron chi connectivity index (χ4n) is 1.87. The predicted molar refractivity (Wildman–Crippen MR) is 67.3 cm³/mol. The average Bonchev–Trinajstić information content (AvgIpc) is 2.18. The molecule has 0 heterocycles. The van der Waals surface area contributed by atoms with Crippen molar-refractivity contribution >= 4 is 11.6 Å². The molecule has 0 bridgehead atoms. The van der Waals surface area contributed by atoms with Gasteiger partial charge in [-0.05, 0) is 30.5 Å². The van der Waals surface area contributed by atoms with Gasteiger partial charge in [-0.3, -0.25) is 0 Å². The molecule has 84 valence electrons. The summed E-state index contributed by atoms with van der Waals surface area (Å²) in [6.07, 6.45) is 4.69. The summed E-state index contributed by atoms with van der Waals surface area (Å²) in [6, 6.07) is 6.05. The van der Waals surface area contributed by atoms with Crippen molar-refractivity contribution in [3.8, 4) is 0 Å². The average molecular weight is 226 g/mol. The molecule has 15 heavy (non-hydrogen) atoms. The zero-order valence-corrected chi connectivity index (χ0v) is 10.3. The lowest BCUT2D eigenvalue weighted by Gasteiger charge is -2.16. The summed E-state index contributed by atoms with van der Waals surface area (Å²) >= 11 is 6.16. The van der Waals surface area contributed by atoms with Crippen LogP contribution in [0.3, 0.4) is 0 Å². The van der Waals surface area contributed by atoms with Gasteiger partial charge in [0.2, 0.25) is 0 Å². The van der Waals surface area contributed by atoms with Crippen LogP contribution in [0, 0.1) is 6.92 Å². The normalized spacial score (nSPS) is 12.8. The first kappa shape index (κ1) is 12.5. The van der Waals surface area contributed by atoms with Gasteiger partial charge >= 0.3 is 0 Å². The van der Waals surface area contributed by atoms with Crippen molar-refractivity contribution < 1.29 is 0 Å². The van der Waals surface area contributed by atoms with Crippen molar-refractivity contribution in [1.82, 2.24) is 0 Å². The molecule has 2 N–H and O–H groups in total. The molecule has 2 heteroatoms. The third-order valence-electron chi connectivity index (χ3n) is 2.76. The number of aryl methyl sites for hydroxylation is 1. The summed E-state index contributed by atoms with van der Waals surface area (Å²) in [5, 5.41) is 0.805. The molecule has 0 spiro atoms. The Morgan fingerprint density at radius 2 is 2.07 bits per heavy atom. The van der Waals surface area contributed by atoms with E-state index in [1.165, 1.54) is 24.8 Å². The first-order valence-corrected chi connectivity index (χ1v) is 6.05. The minimum absolute atomic E-state index is 0.0882. The highest BCUT2D eigenvalue weighted by Crippen LogP contribution is 2.27. The lowest BCUT2D eigenvalue weighted by Crippen LogP contribution is -2.12. The van der Waals surface area contributed by atoms with Crippen LogP contribution in [0.4, 0.5) is 0 Å². The molecule has 0 saturated heterocycles. The van der Waals surface area contributed by atoms with Crippen molar-refractivity contribution in [2.75, 3.05) is 0 Å². The number of hydrogen-bond donors (Lipinski definition) is 1. The van der Waals surface area contributed by atoms with Gasteiger partial charge < -0.3 is 5.73 Å². The molecule has 1 nitrogen and oxygen atoms in total. The monoisotopic (exact) mass is 225 g/mol. The number of halogens is 1. The Balaban J connectivity index is 2.68. The number of rotatable bonds is 5. The molecule has 0 unspecified atom stereocenters. The topological polar surface area (TPSA) is 26.0 Å². The quantitative estimate of drug-likeness (QED) is 0.746. The Labute approximate surface area is 97.6 Å². The molecule has 1 rings (SSSR count). The maximum absolute atomic E-state index is 6.16. The van der Waals surface area contributed by atoms with Crippen molar-refractivity contribution in [1.29, 1.82) is 0 Å². The first-order valence-electron chi connectivity index (χ1n) is 5.67. The third kappa shape index (κ3) is 3.51. The van der Waals surface area contributed by atoms with Crippen molar-refractivity contribution in [3.05, 3.63) is 34.3 Å². The van der Waals surface area contributed by atoms with Gasteiger partial charge in [0.1, 0.15) is 0 Å². The highest BCUT2D eigenvalue weighted by atomic mass is 35.5. The van der Waals surface area contributed by atoms with Crippen LogP contribution in [0.1, 0.15) is 49.8 Å². The van der Waals surface area contributed by atoms with E-state index in [9.17, 15) is 0 Å². The van der Waals surface area contributed by atoms with Crippen LogP contribution in [-0.2, 0) is 0 Å². The molecule has 0 saturated carbocycles. The van der Waals surface area contributed by atoms with E-state index in [4.69, 9.17) is 17.3 Å². The fourth-order valence-corrected chi connectivity index (χ4v) is 2.23. The maximum Gasteiger partial charge on any atom is 0.0456 e. The Morgan fingerprint density at radius 3 is 2.67 bits per heavy atom. The van der Waals surface area contributed by atoms with Crippen molar-refractivity contribution in [2.24, 2.45) is 5.73 Å². The number of unbranched alkanes of at least 4 members (excludes halogenated alkanes) is 2. The molecule has 1 aromatic carbocycles. The Morgan fingerprint density at radius 1 is 1.33 bits per heavy atom. The highest BCUT2D eigenvalue weighted by Gasteiger charge is 2.11. The largest absolute Gasteiger partial charge is 0.324 e. The molecule has 0 fully saturated rings. The van der Waals surface area contributed by atoms with Gasteiger partial charge in [-0.2, -0.15) is 0 Å². The summed E-state index contributed by atoms with van der Waals surface area (Å²) < 4.78 is 0. The van der Waals surface area contributed by atoms with E-state index < -0.39 is 0 Å². The highest BCUT2D eigenvalue weighted by molar-refractivity contribution is 6.31.